The average molecular weight is 413 g/mol. The predicted molar refractivity (Wildman–Crippen MR) is 123 cm³/mol. The Labute approximate surface area is 177 Å². The second kappa shape index (κ2) is 10.7. The van der Waals surface area contributed by atoms with Crippen LogP contribution < -0.4 is 10.4 Å². The largest absolute Gasteiger partial charge is 0.481 e. The van der Waals surface area contributed by atoms with Gasteiger partial charge in [0.2, 0.25) is 0 Å². The zero-order valence-corrected chi connectivity index (χ0v) is 19.4. The molecule has 29 heavy (non-hydrogen) atoms. The van der Waals surface area contributed by atoms with Crippen molar-refractivity contribution in [2.75, 3.05) is 6.61 Å². The van der Waals surface area contributed by atoms with Crippen LogP contribution >= 0.6 is 0 Å². The highest BCUT2D eigenvalue weighted by Gasteiger charge is 2.49. The van der Waals surface area contributed by atoms with Gasteiger partial charge < -0.3 is 9.53 Å². The van der Waals surface area contributed by atoms with E-state index < -0.39 is 14.3 Å². The number of aliphatic carboxylic acids is 1. The molecule has 0 saturated heterocycles. The Morgan fingerprint density at radius 3 is 1.90 bits per heavy atom. The third-order valence-electron chi connectivity index (χ3n) is 5.60. The number of carboxylic acids is 1. The van der Waals surface area contributed by atoms with Gasteiger partial charge >= 0.3 is 5.97 Å². The van der Waals surface area contributed by atoms with E-state index in [1.54, 1.807) is 0 Å². The molecule has 1 unspecified atom stereocenters. The highest BCUT2D eigenvalue weighted by atomic mass is 28.4. The van der Waals surface area contributed by atoms with Crippen molar-refractivity contribution in [3.63, 3.8) is 0 Å². The first-order valence-corrected chi connectivity index (χ1v) is 12.6. The van der Waals surface area contributed by atoms with Crippen LogP contribution in [0.1, 0.15) is 59.8 Å². The fourth-order valence-electron chi connectivity index (χ4n) is 4.16. The van der Waals surface area contributed by atoms with Crippen LogP contribution in [0.3, 0.4) is 0 Å². The summed E-state index contributed by atoms with van der Waals surface area (Å²) >= 11 is 0. The number of rotatable bonds is 11. The van der Waals surface area contributed by atoms with Crippen molar-refractivity contribution in [1.82, 2.24) is 0 Å². The van der Waals surface area contributed by atoms with Crippen molar-refractivity contribution < 1.29 is 14.3 Å². The number of hydrogen-bond acceptors (Lipinski definition) is 2. The first-order valence-electron chi connectivity index (χ1n) is 10.7. The number of carboxylic acid groups (broad SMARTS) is 1. The third kappa shape index (κ3) is 6.28. The Kier molecular flexibility index (Phi) is 8.66. The number of hydrogen-bond donors (Lipinski definition) is 1. The van der Waals surface area contributed by atoms with Gasteiger partial charge in [0.05, 0.1) is 0 Å². The van der Waals surface area contributed by atoms with Gasteiger partial charge in [-0.25, -0.2) is 0 Å². The minimum atomic E-state index is -2.43. The van der Waals surface area contributed by atoms with Crippen LogP contribution in [0.25, 0.3) is 0 Å². The molecule has 2 aromatic rings. The molecule has 2 aromatic carbocycles. The molecule has 0 saturated carbocycles. The Hall–Kier alpha value is -1.91. The lowest BCUT2D eigenvalue weighted by Crippen LogP contribution is -2.66. The summed E-state index contributed by atoms with van der Waals surface area (Å²) in [5.74, 6) is -0.461. The molecule has 0 fully saturated rings. The summed E-state index contributed by atoms with van der Waals surface area (Å²) in [6, 6.07) is 21.4. The number of carbonyl (C=O) groups is 1. The molecule has 0 aliphatic heterocycles. The average Bonchev–Trinajstić information content (AvgIpc) is 2.67. The van der Waals surface area contributed by atoms with Gasteiger partial charge in [0, 0.05) is 13.0 Å². The molecule has 3 nitrogen and oxygen atoms in total. The quantitative estimate of drug-likeness (QED) is 0.406. The van der Waals surface area contributed by atoms with Gasteiger partial charge in [-0.05, 0) is 27.8 Å². The molecular formula is C25H36O3Si. The molecule has 0 bridgehead atoms. The van der Waals surface area contributed by atoms with E-state index in [1.165, 1.54) is 10.4 Å². The Balaban J connectivity index is 2.10. The molecule has 0 amide bonds. The van der Waals surface area contributed by atoms with Crippen molar-refractivity contribution in [2.24, 2.45) is 5.92 Å². The summed E-state index contributed by atoms with van der Waals surface area (Å²) in [7, 11) is -2.43. The summed E-state index contributed by atoms with van der Waals surface area (Å²) in [5.41, 5.74) is 0. The molecule has 0 spiro atoms. The van der Waals surface area contributed by atoms with Crippen molar-refractivity contribution in [3.05, 3.63) is 60.7 Å². The summed E-state index contributed by atoms with van der Waals surface area (Å²) < 4.78 is 6.88. The molecule has 1 N–H and O–H groups in total. The van der Waals surface area contributed by atoms with E-state index in [0.29, 0.717) is 0 Å². The summed E-state index contributed by atoms with van der Waals surface area (Å²) in [4.78, 5) is 10.8. The van der Waals surface area contributed by atoms with Crippen molar-refractivity contribution >= 4 is 24.7 Å². The first kappa shape index (κ1) is 23.4. The maximum atomic E-state index is 10.8. The fraction of sp³-hybridized carbons (Fsp3) is 0.480. The normalized spacial score (nSPS) is 13.2. The highest BCUT2D eigenvalue weighted by molar-refractivity contribution is 6.99. The highest BCUT2D eigenvalue weighted by Crippen LogP contribution is 2.36. The molecule has 4 heteroatoms. The summed E-state index contributed by atoms with van der Waals surface area (Å²) in [6.07, 6.45) is 4.36. The van der Waals surface area contributed by atoms with Crippen LogP contribution in [-0.2, 0) is 9.22 Å². The first-order chi connectivity index (χ1) is 13.8. The maximum absolute atomic E-state index is 10.8. The van der Waals surface area contributed by atoms with E-state index in [1.807, 2.05) is 6.92 Å². The van der Waals surface area contributed by atoms with Gasteiger partial charge in [0.1, 0.15) is 0 Å². The van der Waals surface area contributed by atoms with E-state index in [2.05, 4.69) is 81.4 Å². The van der Waals surface area contributed by atoms with Crippen molar-refractivity contribution in [3.8, 4) is 0 Å². The smallest absolute Gasteiger partial charge is 0.303 e. The van der Waals surface area contributed by atoms with Gasteiger partial charge in [0.15, 0.2) is 0 Å². The minimum Gasteiger partial charge on any atom is -0.481 e. The van der Waals surface area contributed by atoms with Gasteiger partial charge in [0.25, 0.3) is 8.32 Å². The van der Waals surface area contributed by atoms with Gasteiger partial charge in [-0.2, -0.15) is 0 Å². The second-order valence-electron chi connectivity index (χ2n) is 9.06. The van der Waals surface area contributed by atoms with E-state index in [-0.39, 0.29) is 17.4 Å². The lowest BCUT2D eigenvalue weighted by Gasteiger charge is -2.43. The summed E-state index contributed by atoms with van der Waals surface area (Å²) in [6.45, 7) is 9.65. The monoisotopic (exact) mass is 412 g/mol. The fourth-order valence-corrected chi connectivity index (χ4v) is 8.76. The van der Waals surface area contributed by atoms with Gasteiger partial charge in [-0.3, -0.25) is 4.79 Å². The molecule has 0 aliphatic carbocycles. The lowest BCUT2D eigenvalue weighted by molar-refractivity contribution is -0.138. The molecule has 158 valence electrons. The molecule has 1 atom stereocenters. The predicted octanol–water partition coefficient (Wildman–Crippen LogP) is 5.23. The lowest BCUT2D eigenvalue weighted by atomic mass is 10.0. The standard InChI is InChI=1S/C25H36O3Si/c1-21(20-24(26)27)14-8-7-13-19-28-29(25(2,3)4,22-15-9-5-10-16-22)23-17-11-6-12-18-23/h5-6,9-12,15-18,21H,7-8,13-14,19-20H2,1-4H3,(H,26,27). The van der Waals surface area contributed by atoms with Crippen LogP contribution in [0.5, 0.6) is 0 Å². The van der Waals surface area contributed by atoms with Crippen LogP contribution in [0.4, 0.5) is 0 Å². The Morgan fingerprint density at radius 2 is 1.45 bits per heavy atom. The Morgan fingerprint density at radius 1 is 0.931 bits per heavy atom. The van der Waals surface area contributed by atoms with Crippen molar-refractivity contribution in [1.29, 1.82) is 0 Å². The SMILES string of the molecule is CC(CCCCCO[Si](c1ccccc1)(c1ccccc1)C(C)(C)C)CC(=O)O. The topological polar surface area (TPSA) is 46.5 Å². The van der Waals surface area contributed by atoms with Gasteiger partial charge in [-0.15, -0.1) is 0 Å². The summed E-state index contributed by atoms with van der Waals surface area (Å²) in [5, 5.41) is 11.5. The van der Waals surface area contributed by atoms with Crippen LogP contribution in [0.15, 0.2) is 60.7 Å². The van der Waals surface area contributed by atoms with Crippen molar-refractivity contribution in [2.45, 2.75) is 64.8 Å². The minimum absolute atomic E-state index is 0.00566. The van der Waals surface area contributed by atoms with Gasteiger partial charge in [-0.1, -0.05) is 108 Å². The van der Waals surface area contributed by atoms with Crippen LogP contribution in [0, 0.1) is 5.92 Å². The second-order valence-corrected chi connectivity index (χ2v) is 13.4. The zero-order chi connectivity index (χ0) is 21.3. The molecular weight excluding hydrogens is 376 g/mol. The molecule has 0 aliphatic rings. The van der Waals surface area contributed by atoms with E-state index in [9.17, 15) is 4.79 Å². The molecule has 0 aromatic heterocycles. The molecule has 0 radical (unpaired) electrons. The van der Waals surface area contributed by atoms with E-state index in [0.717, 1.165) is 32.3 Å². The number of benzene rings is 2. The molecule has 0 heterocycles. The Bertz CT molecular complexity index is 698. The van der Waals surface area contributed by atoms with E-state index >= 15 is 0 Å². The number of unbranched alkanes of at least 4 members (excludes halogenated alkanes) is 2. The maximum Gasteiger partial charge on any atom is 0.303 e. The zero-order valence-electron chi connectivity index (χ0n) is 18.4. The van der Waals surface area contributed by atoms with Crippen LogP contribution in [-0.4, -0.2) is 26.0 Å². The van der Waals surface area contributed by atoms with Crippen LogP contribution in [0.2, 0.25) is 5.04 Å². The third-order valence-corrected chi connectivity index (χ3v) is 10.6. The molecule has 2 rings (SSSR count). The van der Waals surface area contributed by atoms with E-state index in [4.69, 9.17) is 9.53 Å².